The van der Waals surface area contributed by atoms with E-state index in [0.717, 1.165) is 10.6 Å². The molecule has 18 heavy (non-hydrogen) atoms. The summed E-state index contributed by atoms with van der Waals surface area (Å²) in [5, 5.41) is 11.2. The van der Waals surface area contributed by atoms with Crippen molar-refractivity contribution in [1.29, 1.82) is 5.26 Å². The summed E-state index contributed by atoms with van der Waals surface area (Å²) in [5.41, 5.74) is 2.52. The van der Waals surface area contributed by atoms with Crippen molar-refractivity contribution in [2.75, 3.05) is 0 Å². The Balaban J connectivity index is 2.21. The molecule has 0 unspecified atom stereocenters. The zero-order valence-electron chi connectivity index (χ0n) is 9.38. The van der Waals surface area contributed by atoms with Gasteiger partial charge in [0.05, 0.1) is 5.52 Å². The van der Waals surface area contributed by atoms with Crippen LogP contribution in [0.2, 0.25) is 0 Å². The minimum absolute atomic E-state index is 0.390. The highest BCUT2D eigenvalue weighted by atomic mass is 32.1. The van der Waals surface area contributed by atoms with E-state index in [9.17, 15) is 4.79 Å². The molecule has 0 radical (unpaired) electrons. The molecule has 0 amide bonds. The summed E-state index contributed by atoms with van der Waals surface area (Å²) in [4.78, 5) is 15.6. The number of hydrogen-bond acceptors (Lipinski definition) is 5. The average molecular weight is 257 g/mol. The Bertz CT molecular complexity index is 835. The van der Waals surface area contributed by atoms with Gasteiger partial charge in [0.25, 0.3) is 0 Å². The molecule has 1 aromatic carbocycles. The van der Waals surface area contributed by atoms with Crippen LogP contribution in [0.3, 0.4) is 0 Å². The van der Waals surface area contributed by atoms with Crippen LogP contribution in [0.5, 0.6) is 0 Å². The van der Waals surface area contributed by atoms with Gasteiger partial charge < -0.3 is 4.42 Å². The molecular weight excluding hydrogens is 250 g/mol. The lowest BCUT2D eigenvalue weighted by Crippen LogP contribution is -2.08. The molecule has 0 fully saturated rings. The van der Waals surface area contributed by atoms with Crippen LogP contribution < -0.4 is 5.76 Å². The number of aromatic nitrogens is 2. The summed E-state index contributed by atoms with van der Waals surface area (Å²) >= 11 is 1.40. The summed E-state index contributed by atoms with van der Waals surface area (Å²) in [7, 11) is 1.65. The fourth-order valence-electron chi connectivity index (χ4n) is 1.72. The first kappa shape index (κ1) is 10.7. The lowest BCUT2D eigenvalue weighted by Gasteiger charge is -1.96. The van der Waals surface area contributed by atoms with Crippen molar-refractivity contribution < 1.29 is 4.42 Å². The van der Waals surface area contributed by atoms with Gasteiger partial charge in [-0.3, -0.25) is 4.57 Å². The lowest BCUT2D eigenvalue weighted by molar-refractivity contribution is 0.528. The van der Waals surface area contributed by atoms with Crippen molar-refractivity contribution in [3.8, 4) is 16.6 Å². The topological polar surface area (TPSA) is 71.8 Å². The monoisotopic (exact) mass is 257 g/mol. The van der Waals surface area contributed by atoms with Crippen molar-refractivity contribution in [2.45, 2.75) is 0 Å². The van der Waals surface area contributed by atoms with Crippen LogP contribution in [0.4, 0.5) is 0 Å². The summed E-state index contributed by atoms with van der Waals surface area (Å²) in [6.45, 7) is 0. The minimum Gasteiger partial charge on any atom is -0.408 e. The van der Waals surface area contributed by atoms with E-state index in [0.29, 0.717) is 16.8 Å². The number of oxazole rings is 1. The van der Waals surface area contributed by atoms with Crippen LogP contribution in [-0.4, -0.2) is 9.55 Å². The maximum atomic E-state index is 11.4. The Morgan fingerprint density at radius 1 is 1.50 bits per heavy atom. The van der Waals surface area contributed by atoms with Crippen molar-refractivity contribution in [1.82, 2.24) is 9.55 Å². The highest BCUT2D eigenvalue weighted by molar-refractivity contribution is 7.13. The molecule has 0 bridgehead atoms. The first-order valence-corrected chi connectivity index (χ1v) is 6.02. The van der Waals surface area contributed by atoms with Crippen LogP contribution >= 0.6 is 11.3 Å². The molecule has 0 aliphatic carbocycles. The highest BCUT2D eigenvalue weighted by Gasteiger charge is 2.09. The van der Waals surface area contributed by atoms with Crippen LogP contribution in [-0.2, 0) is 7.05 Å². The SMILES string of the molecule is Cn1c(=O)oc2ccc(-c3nc(C#N)cs3)cc21. The quantitative estimate of drug-likeness (QED) is 0.669. The van der Waals surface area contributed by atoms with E-state index in [1.807, 2.05) is 18.2 Å². The van der Waals surface area contributed by atoms with Crippen molar-refractivity contribution >= 4 is 22.4 Å². The maximum Gasteiger partial charge on any atom is 0.419 e. The van der Waals surface area contributed by atoms with Gasteiger partial charge in [-0.2, -0.15) is 5.26 Å². The van der Waals surface area contributed by atoms with Gasteiger partial charge in [0.15, 0.2) is 11.3 Å². The third-order valence-electron chi connectivity index (χ3n) is 2.66. The molecule has 3 aromatic rings. The molecule has 0 spiro atoms. The Kier molecular flexibility index (Phi) is 2.28. The second-order valence-corrected chi connectivity index (χ2v) is 4.62. The fourth-order valence-corrected chi connectivity index (χ4v) is 2.46. The Hall–Kier alpha value is -2.39. The Morgan fingerprint density at radius 3 is 3.06 bits per heavy atom. The summed E-state index contributed by atoms with van der Waals surface area (Å²) in [6.07, 6.45) is 0. The van der Waals surface area contributed by atoms with Gasteiger partial charge in [-0.1, -0.05) is 0 Å². The van der Waals surface area contributed by atoms with Gasteiger partial charge in [-0.05, 0) is 18.2 Å². The molecule has 0 atom stereocenters. The summed E-state index contributed by atoms with van der Waals surface area (Å²) < 4.78 is 6.50. The van der Waals surface area contributed by atoms with E-state index in [4.69, 9.17) is 9.68 Å². The van der Waals surface area contributed by atoms with Crippen LogP contribution in [0.1, 0.15) is 5.69 Å². The molecule has 5 nitrogen and oxygen atoms in total. The van der Waals surface area contributed by atoms with E-state index < -0.39 is 0 Å². The number of nitriles is 1. The van der Waals surface area contributed by atoms with Gasteiger partial charge in [-0.15, -0.1) is 11.3 Å². The third kappa shape index (κ3) is 1.53. The molecule has 0 aliphatic heterocycles. The highest BCUT2D eigenvalue weighted by Crippen LogP contribution is 2.26. The van der Waals surface area contributed by atoms with Gasteiger partial charge in [0.1, 0.15) is 11.1 Å². The summed E-state index contributed by atoms with van der Waals surface area (Å²) in [6, 6.07) is 7.39. The zero-order valence-corrected chi connectivity index (χ0v) is 10.2. The largest absolute Gasteiger partial charge is 0.419 e. The number of hydrogen-bond donors (Lipinski definition) is 0. The smallest absolute Gasteiger partial charge is 0.408 e. The van der Waals surface area contributed by atoms with Gasteiger partial charge in [0.2, 0.25) is 0 Å². The maximum absolute atomic E-state index is 11.4. The predicted molar refractivity (Wildman–Crippen MR) is 67.3 cm³/mol. The van der Waals surface area contributed by atoms with Gasteiger partial charge >= 0.3 is 5.76 Å². The molecule has 88 valence electrons. The zero-order chi connectivity index (χ0) is 12.7. The lowest BCUT2D eigenvalue weighted by atomic mass is 10.2. The first-order valence-electron chi connectivity index (χ1n) is 5.14. The second kappa shape index (κ2) is 3.82. The average Bonchev–Trinajstić information content (AvgIpc) is 2.96. The molecule has 2 heterocycles. The van der Waals surface area contributed by atoms with Crippen molar-refractivity contribution in [3.05, 3.63) is 39.8 Å². The van der Waals surface area contributed by atoms with E-state index in [-0.39, 0.29) is 5.76 Å². The number of nitrogens with zero attached hydrogens (tertiary/aromatic N) is 3. The van der Waals surface area contributed by atoms with Gasteiger partial charge in [0, 0.05) is 18.0 Å². The molecule has 0 saturated heterocycles. The second-order valence-electron chi connectivity index (χ2n) is 3.76. The molecular formula is C12H7N3O2S. The molecule has 0 N–H and O–H groups in total. The van der Waals surface area contributed by atoms with E-state index in [2.05, 4.69) is 4.98 Å². The molecule has 2 aromatic heterocycles. The molecule has 0 saturated carbocycles. The van der Waals surface area contributed by atoms with E-state index >= 15 is 0 Å². The van der Waals surface area contributed by atoms with Crippen molar-refractivity contribution in [2.24, 2.45) is 7.05 Å². The summed E-state index contributed by atoms with van der Waals surface area (Å²) in [5.74, 6) is -0.390. The van der Waals surface area contributed by atoms with Crippen LogP contribution in [0.25, 0.3) is 21.7 Å². The van der Waals surface area contributed by atoms with Gasteiger partial charge in [-0.25, -0.2) is 9.78 Å². The van der Waals surface area contributed by atoms with Crippen LogP contribution in [0.15, 0.2) is 32.8 Å². The minimum atomic E-state index is -0.390. The normalized spacial score (nSPS) is 10.7. The number of fused-ring (bicyclic) bond motifs is 1. The fraction of sp³-hybridized carbons (Fsp3) is 0.0833. The van der Waals surface area contributed by atoms with Crippen LogP contribution in [0, 0.1) is 11.3 Å². The predicted octanol–water partition coefficient (Wildman–Crippen LogP) is 2.13. The molecule has 3 rings (SSSR count). The Labute approximate surface area is 106 Å². The van der Waals surface area contributed by atoms with Crippen molar-refractivity contribution in [3.63, 3.8) is 0 Å². The number of thiazole rings is 1. The first-order chi connectivity index (χ1) is 8.69. The van der Waals surface area contributed by atoms with E-state index in [1.54, 1.807) is 18.5 Å². The number of benzene rings is 1. The number of aryl methyl sites for hydroxylation is 1. The third-order valence-corrected chi connectivity index (χ3v) is 3.55. The molecule has 0 aliphatic rings. The van der Waals surface area contributed by atoms with E-state index in [1.165, 1.54) is 15.9 Å². The molecule has 6 heteroatoms. The number of rotatable bonds is 1. The standard InChI is InChI=1S/C12H7N3O2S/c1-15-9-4-7(2-3-10(9)17-12(15)16)11-14-8(5-13)6-18-11/h2-4,6H,1H3. The Morgan fingerprint density at radius 2 is 2.33 bits per heavy atom.